The molecule has 0 spiro atoms. The highest BCUT2D eigenvalue weighted by atomic mass is 32.2. The monoisotopic (exact) mass is 433 g/mol. The van der Waals surface area contributed by atoms with Crippen LogP contribution in [-0.4, -0.2) is 30.3 Å². The SMILES string of the molecule is CCC(Sc1nnc2c(=O)n(-c3ccccc3)ccn12)C(=O)Nc1cc(C)ccc1C. The number of nitrogens with one attached hydrogen (secondary N) is 1. The number of anilines is 1. The molecule has 31 heavy (non-hydrogen) atoms. The van der Waals surface area contributed by atoms with E-state index in [4.69, 9.17) is 0 Å². The second-order valence-electron chi connectivity index (χ2n) is 7.31. The molecule has 1 N–H and O–H groups in total. The Bertz CT molecular complexity index is 1300. The Labute approximate surface area is 184 Å². The molecule has 0 aliphatic heterocycles. The van der Waals surface area contributed by atoms with Gasteiger partial charge in [0.05, 0.1) is 5.25 Å². The molecule has 8 heteroatoms. The lowest BCUT2D eigenvalue weighted by Crippen LogP contribution is -2.25. The zero-order chi connectivity index (χ0) is 22.0. The molecular weight excluding hydrogens is 410 g/mol. The number of hydrogen-bond acceptors (Lipinski definition) is 5. The van der Waals surface area contributed by atoms with Crippen LogP contribution in [0.5, 0.6) is 0 Å². The number of hydrogen-bond donors (Lipinski definition) is 1. The Hall–Kier alpha value is -3.39. The van der Waals surface area contributed by atoms with Crippen LogP contribution < -0.4 is 10.9 Å². The van der Waals surface area contributed by atoms with Gasteiger partial charge < -0.3 is 5.32 Å². The summed E-state index contributed by atoms with van der Waals surface area (Å²) < 4.78 is 3.17. The number of rotatable bonds is 6. The highest BCUT2D eigenvalue weighted by Gasteiger charge is 2.22. The number of aromatic nitrogens is 4. The molecule has 0 fully saturated rings. The van der Waals surface area contributed by atoms with Crippen molar-refractivity contribution in [1.29, 1.82) is 0 Å². The predicted octanol–water partition coefficient (Wildman–Crippen LogP) is 4.01. The second kappa shape index (κ2) is 8.77. The van der Waals surface area contributed by atoms with Crippen molar-refractivity contribution in [3.8, 4) is 5.69 Å². The molecule has 4 rings (SSSR count). The maximum Gasteiger partial charge on any atom is 0.300 e. The van der Waals surface area contributed by atoms with Crippen LogP contribution in [0.25, 0.3) is 11.3 Å². The number of aryl methyl sites for hydroxylation is 2. The van der Waals surface area contributed by atoms with Crippen LogP contribution in [0.4, 0.5) is 5.69 Å². The molecule has 2 aromatic carbocycles. The molecule has 1 amide bonds. The highest BCUT2D eigenvalue weighted by Crippen LogP contribution is 2.26. The normalized spacial score (nSPS) is 12.1. The fourth-order valence-electron chi connectivity index (χ4n) is 3.27. The Morgan fingerprint density at radius 1 is 1.10 bits per heavy atom. The summed E-state index contributed by atoms with van der Waals surface area (Å²) in [7, 11) is 0. The first kappa shape index (κ1) is 20.9. The molecule has 0 aliphatic rings. The van der Waals surface area contributed by atoms with E-state index in [1.54, 1.807) is 16.8 Å². The van der Waals surface area contributed by atoms with Gasteiger partial charge in [0.25, 0.3) is 0 Å². The van der Waals surface area contributed by atoms with Gasteiger partial charge in [-0.05, 0) is 49.6 Å². The molecule has 2 heterocycles. The van der Waals surface area contributed by atoms with Crippen LogP contribution in [0.3, 0.4) is 0 Å². The Kier molecular flexibility index (Phi) is 5.90. The first-order chi connectivity index (χ1) is 15.0. The maximum absolute atomic E-state index is 12.9. The van der Waals surface area contributed by atoms with Crippen LogP contribution >= 0.6 is 11.8 Å². The molecule has 0 aliphatic carbocycles. The van der Waals surface area contributed by atoms with Crippen molar-refractivity contribution in [3.63, 3.8) is 0 Å². The summed E-state index contributed by atoms with van der Waals surface area (Å²) in [4.78, 5) is 25.8. The number of nitrogens with zero attached hydrogens (tertiary/aromatic N) is 4. The van der Waals surface area contributed by atoms with E-state index in [-0.39, 0.29) is 22.4 Å². The second-order valence-corrected chi connectivity index (χ2v) is 8.48. The van der Waals surface area contributed by atoms with Crippen molar-refractivity contribution in [2.45, 2.75) is 37.6 Å². The Morgan fingerprint density at radius 3 is 2.61 bits per heavy atom. The van der Waals surface area contributed by atoms with E-state index >= 15 is 0 Å². The van der Waals surface area contributed by atoms with Gasteiger partial charge >= 0.3 is 5.56 Å². The van der Waals surface area contributed by atoms with Gasteiger partial charge in [0.1, 0.15) is 0 Å². The molecule has 7 nitrogen and oxygen atoms in total. The smallest absolute Gasteiger partial charge is 0.300 e. The molecule has 1 unspecified atom stereocenters. The average molecular weight is 434 g/mol. The lowest BCUT2D eigenvalue weighted by atomic mass is 10.1. The van der Waals surface area contributed by atoms with E-state index in [1.165, 1.54) is 16.3 Å². The van der Waals surface area contributed by atoms with E-state index in [0.717, 1.165) is 22.5 Å². The van der Waals surface area contributed by atoms with Gasteiger partial charge in [-0.1, -0.05) is 49.0 Å². The van der Waals surface area contributed by atoms with Crippen LogP contribution in [0.15, 0.2) is 70.9 Å². The lowest BCUT2D eigenvalue weighted by molar-refractivity contribution is -0.115. The Morgan fingerprint density at radius 2 is 1.87 bits per heavy atom. The van der Waals surface area contributed by atoms with E-state index in [1.807, 2.05) is 69.3 Å². The molecule has 158 valence electrons. The Balaban J connectivity index is 1.60. The number of thioether (sulfide) groups is 1. The van der Waals surface area contributed by atoms with Crippen LogP contribution in [-0.2, 0) is 4.79 Å². The summed E-state index contributed by atoms with van der Waals surface area (Å²) in [5.74, 6) is -0.101. The van der Waals surface area contributed by atoms with Crippen molar-refractivity contribution in [1.82, 2.24) is 19.2 Å². The number of carbonyl (C=O) groups excluding carboxylic acids is 1. The largest absolute Gasteiger partial charge is 0.325 e. The van der Waals surface area contributed by atoms with Crippen molar-refractivity contribution in [2.75, 3.05) is 5.32 Å². The van der Waals surface area contributed by atoms with Gasteiger partial charge in [-0.15, -0.1) is 10.2 Å². The van der Waals surface area contributed by atoms with Gasteiger partial charge in [-0.3, -0.25) is 18.6 Å². The van der Waals surface area contributed by atoms with E-state index in [0.29, 0.717) is 11.6 Å². The first-order valence-electron chi connectivity index (χ1n) is 10.0. The molecule has 4 aromatic rings. The zero-order valence-electron chi connectivity index (χ0n) is 17.6. The van der Waals surface area contributed by atoms with Gasteiger partial charge in [0.15, 0.2) is 5.16 Å². The molecule has 0 saturated heterocycles. The molecule has 0 bridgehead atoms. The molecule has 0 saturated carbocycles. The summed E-state index contributed by atoms with van der Waals surface area (Å²) >= 11 is 1.30. The number of para-hydroxylation sites is 1. The number of benzene rings is 2. The standard InChI is InChI=1S/C23H23N5O2S/c1-4-19(21(29)24-18-14-15(2)10-11-16(18)3)31-23-26-25-20-22(30)27(12-13-28(20)23)17-8-6-5-7-9-17/h5-14,19H,4H2,1-3H3,(H,24,29). The highest BCUT2D eigenvalue weighted by molar-refractivity contribution is 8.00. The third-order valence-electron chi connectivity index (χ3n) is 5.04. The quantitative estimate of drug-likeness (QED) is 0.465. The number of amides is 1. The summed E-state index contributed by atoms with van der Waals surface area (Å²) in [5, 5.41) is 11.4. The van der Waals surface area contributed by atoms with E-state index in [9.17, 15) is 9.59 Å². The van der Waals surface area contributed by atoms with E-state index < -0.39 is 0 Å². The lowest BCUT2D eigenvalue weighted by Gasteiger charge is -2.15. The van der Waals surface area contributed by atoms with Crippen LogP contribution in [0.1, 0.15) is 24.5 Å². The summed E-state index contributed by atoms with van der Waals surface area (Å²) in [6.07, 6.45) is 4.05. The van der Waals surface area contributed by atoms with Gasteiger partial charge in [0, 0.05) is 23.8 Å². The van der Waals surface area contributed by atoms with Crippen LogP contribution in [0, 0.1) is 13.8 Å². The third-order valence-corrected chi connectivity index (χ3v) is 6.36. The maximum atomic E-state index is 12.9. The van der Waals surface area contributed by atoms with Gasteiger partial charge in [-0.2, -0.15) is 0 Å². The number of carbonyl (C=O) groups is 1. The average Bonchev–Trinajstić information content (AvgIpc) is 3.19. The minimum absolute atomic E-state index is 0.101. The summed E-state index contributed by atoms with van der Waals surface area (Å²) in [6.45, 7) is 5.91. The fourth-order valence-corrected chi connectivity index (χ4v) is 4.21. The topological polar surface area (TPSA) is 81.3 Å². The van der Waals surface area contributed by atoms with Gasteiger partial charge in [-0.25, -0.2) is 0 Å². The predicted molar refractivity (Wildman–Crippen MR) is 123 cm³/mol. The summed E-state index contributed by atoms with van der Waals surface area (Å²) in [5.41, 5.74) is 3.61. The van der Waals surface area contributed by atoms with Gasteiger partial charge in [0.2, 0.25) is 11.6 Å². The fraction of sp³-hybridized carbons (Fsp3) is 0.217. The molecular formula is C23H23N5O2S. The van der Waals surface area contributed by atoms with E-state index in [2.05, 4.69) is 15.5 Å². The van der Waals surface area contributed by atoms with Crippen molar-refractivity contribution >= 4 is 29.0 Å². The minimum atomic E-state index is -0.371. The molecule has 2 aromatic heterocycles. The summed E-state index contributed by atoms with van der Waals surface area (Å²) in [6, 6.07) is 15.3. The van der Waals surface area contributed by atoms with Crippen LogP contribution in [0.2, 0.25) is 0 Å². The molecule has 1 atom stereocenters. The first-order valence-corrected chi connectivity index (χ1v) is 10.9. The zero-order valence-corrected chi connectivity index (χ0v) is 18.4. The van der Waals surface area contributed by atoms with Crippen molar-refractivity contribution < 1.29 is 4.79 Å². The molecule has 0 radical (unpaired) electrons. The number of fused-ring (bicyclic) bond motifs is 1. The van der Waals surface area contributed by atoms with Crippen molar-refractivity contribution in [3.05, 3.63) is 82.4 Å². The minimum Gasteiger partial charge on any atom is -0.325 e. The van der Waals surface area contributed by atoms with Crippen molar-refractivity contribution in [2.24, 2.45) is 0 Å². The third kappa shape index (κ3) is 4.25.